The van der Waals surface area contributed by atoms with Gasteiger partial charge < -0.3 is 0 Å². The molecule has 2 heteroatoms. The van der Waals surface area contributed by atoms with Crippen LogP contribution in [0.5, 0.6) is 0 Å². The van der Waals surface area contributed by atoms with Crippen molar-refractivity contribution in [2.45, 2.75) is 6.92 Å². The van der Waals surface area contributed by atoms with Crippen molar-refractivity contribution in [2.24, 2.45) is 0 Å². The monoisotopic (exact) mass is 154 g/mol. The second-order valence-corrected chi connectivity index (χ2v) is 2.20. The summed E-state index contributed by atoms with van der Waals surface area (Å²) < 4.78 is 25.0. The summed E-state index contributed by atoms with van der Waals surface area (Å²) >= 11 is 0. The highest BCUT2D eigenvalue weighted by atomic mass is 19.1. The van der Waals surface area contributed by atoms with Crippen LogP contribution in [0.25, 0.3) is 6.08 Å². The third-order valence-corrected chi connectivity index (χ3v) is 1.24. The molecule has 0 atom stereocenters. The predicted molar refractivity (Wildman–Crippen MR) is 41.1 cm³/mol. The fourth-order valence-electron chi connectivity index (χ4n) is 0.864. The number of rotatable bonds is 1. The minimum absolute atomic E-state index is 0.543. The Morgan fingerprint density at radius 3 is 2.09 bits per heavy atom. The van der Waals surface area contributed by atoms with Crippen molar-refractivity contribution < 1.29 is 8.78 Å². The first kappa shape index (κ1) is 7.92. The van der Waals surface area contributed by atoms with Crippen molar-refractivity contribution in [3.63, 3.8) is 0 Å². The van der Waals surface area contributed by atoms with E-state index in [1.807, 2.05) is 0 Å². The van der Waals surface area contributed by atoms with E-state index in [0.29, 0.717) is 5.56 Å². The molecule has 0 aliphatic rings. The van der Waals surface area contributed by atoms with Gasteiger partial charge in [0.25, 0.3) is 0 Å². The van der Waals surface area contributed by atoms with Gasteiger partial charge in [0.2, 0.25) is 0 Å². The van der Waals surface area contributed by atoms with Crippen LogP contribution in [-0.2, 0) is 0 Å². The minimum Gasteiger partial charge on any atom is -0.207 e. The third kappa shape index (κ3) is 2.15. The summed E-state index contributed by atoms with van der Waals surface area (Å²) in [7, 11) is 0. The first-order chi connectivity index (χ1) is 5.22. The molecule has 0 aliphatic carbocycles. The molecule has 0 fully saturated rings. The normalized spacial score (nSPS) is 10.8. The van der Waals surface area contributed by atoms with Crippen LogP contribution in [0.4, 0.5) is 8.78 Å². The molecular weight excluding hydrogens is 146 g/mol. The SMILES string of the molecule is C/C=C/c1cc(F)cc(F)c1. The lowest BCUT2D eigenvalue weighted by Crippen LogP contribution is -1.80. The molecule has 0 unspecified atom stereocenters. The van der Waals surface area contributed by atoms with Crippen molar-refractivity contribution in [3.05, 3.63) is 41.5 Å². The van der Waals surface area contributed by atoms with E-state index in [-0.39, 0.29) is 0 Å². The Labute approximate surface area is 64.2 Å². The van der Waals surface area contributed by atoms with Gasteiger partial charge in [-0.3, -0.25) is 0 Å². The van der Waals surface area contributed by atoms with Crippen molar-refractivity contribution in [2.75, 3.05) is 0 Å². The van der Waals surface area contributed by atoms with E-state index in [9.17, 15) is 8.78 Å². The van der Waals surface area contributed by atoms with Crippen LogP contribution in [0.1, 0.15) is 12.5 Å². The summed E-state index contributed by atoms with van der Waals surface area (Å²) in [5.41, 5.74) is 0.546. The molecule has 0 amide bonds. The number of hydrogen-bond donors (Lipinski definition) is 0. The van der Waals surface area contributed by atoms with Gasteiger partial charge in [0.15, 0.2) is 0 Å². The molecule has 0 N–H and O–H groups in total. The summed E-state index contributed by atoms with van der Waals surface area (Å²) in [4.78, 5) is 0. The lowest BCUT2D eigenvalue weighted by Gasteiger charge is -1.93. The largest absolute Gasteiger partial charge is 0.207 e. The Hall–Kier alpha value is -1.18. The molecule has 0 heterocycles. The van der Waals surface area contributed by atoms with Gasteiger partial charge in [0.05, 0.1) is 0 Å². The molecule has 1 aromatic carbocycles. The van der Waals surface area contributed by atoms with Crippen molar-refractivity contribution in [1.29, 1.82) is 0 Å². The zero-order chi connectivity index (χ0) is 8.27. The lowest BCUT2D eigenvalue weighted by molar-refractivity contribution is 0.583. The van der Waals surface area contributed by atoms with Crippen LogP contribution < -0.4 is 0 Å². The topological polar surface area (TPSA) is 0 Å². The van der Waals surface area contributed by atoms with Crippen LogP contribution in [0.3, 0.4) is 0 Å². The Bertz CT molecular complexity index is 257. The minimum atomic E-state index is -0.543. The molecule has 0 aromatic heterocycles. The van der Waals surface area contributed by atoms with Gasteiger partial charge in [0.1, 0.15) is 11.6 Å². The van der Waals surface area contributed by atoms with Crippen molar-refractivity contribution in [3.8, 4) is 0 Å². The first-order valence-corrected chi connectivity index (χ1v) is 3.31. The summed E-state index contributed by atoms with van der Waals surface area (Å²) in [5, 5.41) is 0. The molecule has 0 radical (unpaired) electrons. The summed E-state index contributed by atoms with van der Waals surface area (Å²) in [6, 6.07) is 3.42. The summed E-state index contributed by atoms with van der Waals surface area (Å²) in [6.07, 6.45) is 3.38. The average Bonchev–Trinajstić information content (AvgIpc) is 1.85. The number of halogens is 2. The molecule has 58 valence electrons. The van der Waals surface area contributed by atoms with Crippen LogP contribution in [0, 0.1) is 11.6 Å². The highest BCUT2D eigenvalue weighted by Crippen LogP contribution is 2.08. The average molecular weight is 154 g/mol. The standard InChI is InChI=1S/C9H8F2/c1-2-3-7-4-8(10)6-9(11)5-7/h2-6H,1H3/b3-2+. The zero-order valence-electron chi connectivity index (χ0n) is 6.14. The molecule has 11 heavy (non-hydrogen) atoms. The van der Waals surface area contributed by atoms with Crippen LogP contribution in [0.15, 0.2) is 24.3 Å². The number of hydrogen-bond acceptors (Lipinski definition) is 0. The number of benzene rings is 1. The van der Waals surface area contributed by atoms with Gasteiger partial charge in [-0.25, -0.2) is 8.78 Å². The number of allylic oxidation sites excluding steroid dienone is 1. The van der Waals surface area contributed by atoms with E-state index in [2.05, 4.69) is 0 Å². The van der Waals surface area contributed by atoms with Crippen LogP contribution in [0.2, 0.25) is 0 Å². The Morgan fingerprint density at radius 2 is 1.64 bits per heavy atom. The van der Waals surface area contributed by atoms with Crippen molar-refractivity contribution >= 4 is 6.08 Å². The van der Waals surface area contributed by atoms with Crippen molar-refractivity contribution in [1.82, 2.24) is 0 Å². The van der Waals surface area contributed by atoms with Gasteiger partial charge in [-0.15, -0.1) is 0 Å². The third-order valence-electron chi connectivity index (χ3n) is 1.24. The predicted octanol–water partition coefficient (Wildman–Crippen LogP) is 3.00. The molecule has 0 bridgehead atoms. The zero-order valence-corrected chi connectivity index (χ0v) is 6.14. The highest BCUT2D eigenvalue weighted by Gasteiger charge is 1.95. The van der Waals surface area contributed by atoms with E-state index in [1.165, 1.54) is 12.1 Å². The van der Waals surface area contributed by atoms with Gasteiger partial charge in [-0.1, -0.05) is 12.2 Å². The quantitative estimate of drug-likeness (QED) is 0.583. The molecule has 0 aliphatic heterocycles. The van der Waals surface area contributed by atoms with Gasteiger partial charge in [-0.2, -0.15) is 0 Å². The van der Waals surface area contributed by atoms with Gasteiger partial charge >= 0.3 is 0 Å². The van der Waals surface area contributed by atoms with Crippen LogP contribution in [-0.4, -0.2) is 0 Å². The Morgan fingerprint density at radius 1 is 1.09 bits per heavy atom. The molecule has 1 aromatic rings. The molecule has 1 rings (SSSR count). The Balaban J connectivity index is 3.08. The highest BCUT2D eigenvalue weighted by molar-refractivity contribution is 5.48. The summed E-state index contributed by atoms with van der Waals surface area (Å²) in [6.45, 7) is 1.79. The van der Waals surface area contributed by atoms with Gasteiger partial charge in [0, 0.05) is 6.07 Å². The Kier molecular flexibility index (Phi) is 2.36. The fraction of sp³-hybridized carbons (Fsp3) is 0.111. The van der Waals surface area contributed by atoms with Gasteiger partial charge in [-0.05, 0) is 24.6 Å². The maximum Gasteiger partial charge on any atom is 0.126 e. The molecule has 0 saturated carbocycles. The van der Waals surface area contributed by atoms with E-state index >= 15 is 0 Å². The summed E-state index contributed by atoms with van der Waals surface area (Å²) in [5.74, 6) is -1.09. The second-order valence-electron chi connectivity index (χ2n) is 2.20. The molecular formula is C9H8F2. The van der Waals surface area contributed by atoms with E-state index in [0.717, 1.165) is 6.07 Å². The van der Waals surface area contributed by atoms with E-state index in [4.69, 9.17) is 0 Å². The van der Waals surface area contributed by atoms with E-state index in [1.54, 1.807) is 19.1 Å². The molecule has 0 saturated heterocycles. The fourth-order valence-corrected chi connectivity index (χ4v) is 0.864. The van der Waals surface area contributed by atoms with E-state index < -0.39 is 11.6 Å². The maximum atomic E-state index is 12.5. The molecule has 0 spiro atoms. The first-order valence-electron chi connectivity index (χ1n) is 3.31. The maximum absolute atomic E-state index is 12.5. The lowest BCUT2D eigenvalue weighted by atomic mass is 10.2. The molecule has 0 nitrogen and oxygen atoms in total. The second kappa shape index (κ2) is 3.28. The van der Waals surface area contributed by atoms with Crippen LogP contribution >= 0.6 is 0 Å². The smallest absolute Gasteiger partial charge is 0.126 e.